The minimum absolute atomic E-state index is 0.00530. The lowest BCUT2D eigenvalue weighted by Gasteiger charge is -2.32. The third-order valence-electron chi connectivity index (χ3n) is 3.66. The third-order valence-corrected chi connectivity index (χ3v) is 8.72. The predicted octanol–water partition coefficient (Wildman–Crippen LogP) is 4.38. The minimum atomic E-state index is -4.14. The smallest absolute Gasteiger partial charge is 0.242 e. The Morgan fingerprint density at radius 2 is 1.38 bits per heavy atom. The molecule has 142 valence electrons. The van der Waals surface area contributed by atoms with Gasteiger partial charge in [0.05, 0.1) is 26.7 Å². The van der Waals surface area contributed by atoms with Gasteiger partial charge in [-0.05, 0) is 38.5 Å². The van der Waals surface area contributed by atoms with Gasteiger partial charge in [-0.2, -0.15) is 0 Å². The van der Waals surface area contributed by atoms with E-state index in [2.05, 4.69) is 4.72 Å². The van der Waals surface area contributed by atoms with Gasteiger partial charge in [-0.3, -0.25) is 0 Å². The monoisotopic (exact) mass is 433 g/mol. The largest absolute Gasteiger partial charge is 0.242 e. The zero-order chi connectivity index (χ0) is 19.6. The molecule has 0 heterocycles. The highest BCUT2D eigenvalue weighted by atomic mass is 35.5. The molecule has 0 radical (unpaired) electrons. The molecule has 1 N–H and O–H groups in total. The van der Waals surface area contributed by atoms with Crippen LogP contribution in [-0.2, 0) is 20.8 Å². The van der Waals surface area contributed by atoms with Crippen LogP contribution in [0, 0.1) is 0 Å². The lowest BCUT2D eigenvalue weighted by Crippen LogP contribution is -2.45. The molecule has 0 spiro atoms. The molecule has 0 aliphatic heterocycles. The molecule has 0 aliphatic rings. The highest BCUT2D eigenvalue weighted by molar-refractivity contribution is 7.95. The van der Waals surface area contributed by atoms with Crippen molar-refractivity contribution in [2.24, 2.45) is 0 Å². The number of hydrogen-bond donors (Lipinski definition) is 1. The standard InChI is InChI=1S/C18H21Cl2NO3S2/c1-17(2,3)25(22)21-16(14-10-6-4-7-11-14)18(19,20)26(23,24)15-12-8-5-9-13-15/h4-13,16,21H,1-3H3/t16-,25-/m1/s1. The fourth-order valence-electron chi connectivity index (χ4n) is 2.17. The molecule has 2 aromatic rings. The van der Waals surface area contributed by atoms with Crippen molar-refractivity contribution in [3.63, 3.8) is 0 Å². The molecular formula is C18H21Cl2NO3S2. The van der Waals surface area contributed by atoms with Gasteiger partial charge in [-0.25, -0.2) is 17.3 Å². The molecule has 0 aliphatic carbocycles. The highest BCUT2D eigenvalue weighted by Gasteiger charge is 2.50. The average Bonchev–Trinajstić information content (AvgIpc) is 2.59. The van der Waals surface area contributed by atoms with Crippen molar-refractivity contribution in [3.05, 3.63) is 66.2 Å². The molecule has 2 aromatic carbocycles. The van der Waals surface area contributed by atoms with Crippen molar-refractivity contribution in [2.45, 2.75) is 40.1 Å². The molecule has 0 amide bonds. The first kappa shape index (κ1) is 21.4. The molecule has 0 bridgehead atoms. The number of rotatable bonds is 6. The van der Waals surface area contributed by atoms with Gasteiger partial charge in [0, 0.05) is 0 Å². The van der Waals surface area contributed by atoms with Crippen LogP contribution in [0.5, 0.6) is 0 Å². The molecule has 0 unspecified atom stereocenters. The van der Waals surface area contributed by atoms with Gasteiger partial charge in [0.15, 0.2) is 0 Å². The van der Waals surface area contributed by atoms with Crippen molar-refractivity contribution in [2.75, 3.05) is 0 Å². The summed E-state index contributed by atoms with van der Waals surface area (Å²) in [6.07, 6.45) is 0. The van der Waals surface area contributed by atoms with E-state index >= 15 is 0 Å². The molecule has 26 heavy (non-hydrogen) atoms. The van der Waals surface area contributed by atoms with Crippen molar-refractivity contribution in [1.82, 2.24) is 4.72 Å². The van der Waals surface area contributed by atoms with E-state index in [9.17, 15) is 12.6 Å². The number of alkyl halides is 2. The normalized spacial score (nSPS) is 15.4. The van der Waals surface area contributed by atoms with E-state index in [4.69, 9.17) is 23.2 Å². The Bertz CT molecular complexity index is 864. The zero-order valence-electron chi connectivity index (χ0n) is 14.6. The third kappa shape index (κ3) is 4.49. The number of halogens is 2. The van der Waals surface area contributed by atoms with E-state index in [1.165, 1.54) is 12.1 Å². The van der Waals surface area contributed by atoms with Crippen LogP contribution in [0.15, 0.2) is 65.6 Å². The van der Waals surface area contributed by atoms with Gasteiger partial charge in [-0.15, -0.1) is 0 Å². The summed E-state index contributed by atoms with van der Waals surface area (Å²) >= 11 is 12.9. The summed E-state index contributed by atoms with van der Waals surface area (Å²) in [5, 5.41) is 0. The Morgan fingerprint density at radius 3 is 1.85 bits per heavy atom. The van der Waals surface area contributed by atoms with Gasteiger partial charge < -0.3 is 0 Å². The molecule has 0 fully saturated rings. The quantitative estimate of drug-likeness (QED) is 0.687. The van der Waals surface area contributed by atoms with E-state index in [-0.39, 0.29) is 4.90 Å². The SMILES string of the molecule is CC(C)(C)[S@@](=O)N[C@H](c1ccccc1)C(Cl)(Cl)S(=O)(=O)c1ccccc1. The first-order valence-corrected chi connectivity index (χ1v) is 11.3. The van der Waals surface area contributed by atoms with Gasteiger partial charge in [-0.1, -0.05) is 71.7 Å². The molecule has 2 atom stereocenters. The number of benzene rings is 2. The van der Waals surface area contributed by atoms with Gasteiger partial charge in [0.2, 0.25) is 13.5 Å². The van der Waals surface area contributed by atoms with E-state index in [0.717, 1.165) is 0 Å². The molecule has 0 saturated heterocycles. The first-order chi connectivity index (χ1) is 12.0. The Hall–Kier alpha value is -0.920. The van der Waals surface area contributed by atoms with E-state index in [1.807, 2.05) is 0 Å². The number of hydrogen-bond acceptors (Lipinski definition) is 3. The second-order valence-corrected chi connectivity index (χ2v) is 12.7. The first-order valence-electron chi connectivity index (χ1n) is 7.88. The predicted molar refractivity (Wildman–Crippen MR) is 108 cm³/mol. The second-order valence-electron chi connectivity index (χ2n) is 6.72. The molecular weight excluding hydrogens is 413 g/mol. The van der Waals surface area contributed by atoms with Crippen LogP contribution in [-0.4, -0.2) is 21.0 Å². The number of sulfone groups is 1. The highest BCUT2D eigenvalue weighted by Crippen LogP contribution is 2.44. The van der Waals surface area contributed by atoms with Crippen molar-refractivity contribution in [3.8, 4) is 0 Å². The molecule has 0 saturated carbocycles. The molecule has 2 rings (SSSR count). The van der Waals surface area contributed by atoms with Crippen LogP contribution in [0.25, 0.3) is 0 Å². The molecule has 0 aromatic heterocycles. The lowest BCUT2D eigenvalue weighted by molar-refractivity contribution is 0.557. The fourth-order valence-corrected chi connectivity index (χ4v) is 5.49. The van der Waals surface area contributed by atoms with E-state index in [1.54, 1.807) is 69.3 Å². The van der Waals surface area contributed by atoms with Gasteiger partial charge in [0.1, 0.15) is 0 Å². The maximum absolute atomic E-state index is 13.1. The van der Waals surface area contributed by atoms with Crippen LogP contribution in [0.2, 0.25) is 0 Å². The summed E-state index contributed by atoms with van der Waals surface area (Å²) < 4.78 is 38.8. The lowest BCUT2D eigenvalue weighted by atomic mass is 10.1. The van der Waals surface area contributed by atoms with Crippen LogP contribution in [0.4, 0.5) is 0 Å². The Kier molecular flexibility index (Phi) is 6.57. The minimum Gasteiger partial charge on any atom is -0.242 e. The van der Waals surface area contributed by atoms with Crippen molar-refractivity contribution >= 4 is 44.0 Å². The summed E-state index contributed by atoms with van der Waals surface area (Å²) in [5.41, 5.74) is 0.523. The summed E-state index contributed by atoms with van der Waals surface area (Å²) in [6, 6.07) is 15.3. The van der Waals surface area contributed by atoms with E-state index in [0.29, 0.717) is 5.56 Å². The van der Waals surface area contributed by atoms with Crippen molar-refractivity contribution in [1.29, 1.82) is 0 Å². The summed E-state index contributed by atoms with van der Waals surface area (Å²) in [5.74, 6) is 0. The van der Waals surface area contributed by atoms with E-state index < -0.39 is 35.3 Å². The number of nitrogens with one attached hydrogen (secondary N) is 1. The van der Waals surface area contributed by atoms with Gasteiger partial charge in [0.25, 0.3) is 0 Å². The summed E-state index contributed by atoms with van der Waals surface area (Å²) in [4.78, 5) is -0.00530. The fraction of sp³-hybridized carbons (Fsp3) is 0.333. The summed E-state index contributed by atoms with van der Waals surface area (Å²) in [7, 11) is -5.73. The second kappa shape index (κ2) is 7.98. The Balaban J connectivity index is 2.55. The topological polar surface area (TPSA) is 63.2 Å². The maximum Gasteiger partial charge on any atom is 0.242 e. The van der Waals surface area contributed by atoms with Crippen LogP contribution in [0.3, 0.4) is 0 Å². The Labute approximate surface area is 167 Å². The Morgan fingerprint density at radius 1 is 0.923 bits per heavy atom. The maximum atomic E-state index is 13.1. The zero-order valence-corrected chi connectivity index (χ0v) is 17.8. The molecule has 4 nitrogen and oxygen atoms in total. The van der Waals surface area contributed by atoms with Crippen LogP contribution < -0.4 is 4.72 Å². The van der Waals surface area contributed by atoms with Gasteiger partial charge >= 0.3 is 0 Å². The molecule has 8 heteroatoms. The van der Waals surface area contributed by atoms with Crippen LogP contribution >= 0.6 is 23.2 Å². The summed E-state index contributed by atoms with van der Waals surface area (Å²) in [6.45, 7) is 5.32. The van der Waals surface area contributed by atoms with Crippen molar-refractivity contribution < 1.29 is 12.6 Å². The van der Waals surface area contributed by atoms with Crippen LogP contribution in [0.1, 0.15) is 32.4 Å². The average molecular weight is 434 g/mol.